The maximum atomic E-state index is 12.2. The number of aryl methyl sites for hydroxylation is 1. The van der Waals surface area contributed by atoms with Crippen LogP contribution in [0.2, 0.25) is 0 Å². The van der Waals surface area contributed by atoms with Crippen LogP contribution in [0.1, 0.15) is 23.6 Å². The molecule has 2 aromatic rings. The van der Waals surface area contributed by atoms with E-state index >= 15 is 0 Å². The van der Waals surface area contributed by atoms with Crippen molar-refractivity contribution in [3.63, 3.8) is 0 Å². The minimum atomic E-state index is -3.42. The van der Waals surface area contributed by atoms with Crippen LogP contribution in [0.5, 0.6) is 5.75 Å². The van der Waals surface area contributed by atoms with Gasteiger partial charge in [0.2, 0.25) is 10.0 Å². The number of nitrogens with zero attached hydrogens (tertiary/aromatic N) is 2. The molecule has 158 valence electrons. The Kier molecular flexibility index (Phi) is 8.04. The maximum absolute atomic E-state index is 12.2. The van der Waals surface area contributed by atoms with Crippen LogP contribution in [0.3, 0.4) is 0 Å². The van der Waals surface area contributed by atoms with Crippen molar-refractivity contribution in [3.8, 4) is 5.75 Å². The van der Waals surface area contributed by atoms with Crippen molar-refractivity contribution >= 4 is 16.0 Å². The second-order valence-electron chi connectivity index (χ2n) is 6.80. The first-order chi connectivity index (χ1) is 13.8. The quantitative estimate of drug-likeness (QED) is 0.508. The standard InChI is InChI=1S/C21H30N4O3S/c1-6-22-21(24-15-18-10-7-16(2)13-20(18)28-5)23-14-17-8-11-19(12-9-17)29(26,27)25(3)4/h7-13H,6,14-15H2,1-5H3,(H2,22,23,24). The molecule has 0 radical (unpaired) electrons. The maximum Gasteiger partial charge on any atom is 0.242 e. The summed E-state index contributed by atoms with van der Waals surface area (Å²) in [5, 5.41) is 6.53. The molecule has 0 aliphatic carbocycles. The van der Waals surface area contributed by atoms with Crippen LogP contribution in [0.15, 0.2) is 52.4 Å². The highest BCUT2D eigenvalue weighted by atomic mass is 32.2. The Balaban J connectivity index is 2.07. The Morgan fingerprint density at radius 2 is 1.79 bits per heavy atom. The number of ether oxygens (including phenoxy) is 1. The summed E-state index contributed by atoms with van der Waals surface area (Å²) in [4.78, 5) is 4.86. The molecule has 29 heavy (non-hydrogen) atoms. The van der Waals surface area contributed by atoms with E-state index in [0.717, 1.165) is 29.0 Å². The molecule has 0 unspecified atom stereocenters. The molecule has 0 heterocycles. The minimum Gasteiger partial charge on any atom is -0.496 e. The molecule has 0 aliphatic rings. The Hall–Kier alpha value is -2.58. The molecule has 0 fully saturated rings. The topological polar surface area (TPSA) is 83.0 Å². The first kappa shape index (κ1) is 22.7. The molecule has 2 rings (SSSR count). The minimum absolute atomic E-state index is 0.270. The van der Waals surface area contributed by atoms with Gasteiger partial charge in [-0.1, -0.05) is 24.3 Å². The molecule has 2 N–H and O–H groups in total. The monoisotopic (exact) mass is 418 g/mol. The molecule has 0 saturated heterocycles. The van der Waals surface area contributed by atoms with Gasteiger partial charge in [-0.05, 0) is 43.2 Å². The number of nitrogens with one attached hydrogen (secondary N) is 2. The number of guanidine groups is 1. The molecular formula is C21H30N4O3S. The third-order valence-corrected chi connectivity index (χ3v) is 6.18. The molecule has 0 aliphatic heterocycles. The zero-order chi connectivity index (χ0) is 21.4. The van der Waals surface area contributed by atoms with E-state index in [1.165, 1.54) is 18.4 Å². The smallest absolute Gasteiger partial charge is 0.242 e. The van der Waals surface area contributed by atoms with Gasteiger partial charge in [-0.3, -0.25) is 0 Å². The highest BCUT2D eigenvalue weighted by molar-refractivity contribution is 7.89. The summed E-state index contributed by atoms with van der Waals surface area (Å²) in [6.45, 7) is 5.78. The normalized spacial score (nSPS) is 12.1. The first-order valence-electron chi connectivity index (χ1n) is 9.45. The van der Waals surface area contributed by atoms with E-state index in [1.54, 1.807) is 31.4 Å². The number of hydrogen-bond donors (Lipinski definition) is 2. The van der Waals surface area contributed by atoms with E-state index in [-0.39, 0.29) is 4.90 Å². The average Bonchev–Trinajstić information content (AvgIpc) is 2.70. The summed E-state index contributed by atoms with van der Waals surface area (Å²) >= 11 is 0. The van der Waals surface area contributed by atoms with E-state index in [2.05, 4.69) is 15.6 Å². The van der Waals surface area contributed by atoms with Crippen LogP contribution in [-0.4, -0.2) is 46.4 Å². The molecular weight excluding hydrogens is 388 g/mol. The van der Waals surface area contributed by atoms with Gasteiger partial charge in [-0.25, -0.2) is 17.7 Å². The summed E-state index contributed by atoms with van der Waals surface area (Å²) in [6.07, 6.45) is 0. The molecule has 0 bridgehead atoms. The second-order valence-corrected chi connectivity index (χ2v) is 8.95. The van der Waals surface area contributed by atoms with Gasteiger partial charge >= 0.3 is 0 Å². The third-order valence-electron chi connectivity index (χ3n) is 4.35. The van der Waals surface area contributed by atoms with Crippen LogP contribution >= 0.6 is 0 Å². The van der Waals surface area contributed by atoms with Crippen LogP contribution in [0, 0.1) is 6.92 Å². The molecule has 0 aromatic heterocycles. The number of methoxy groups -OCH3 is 1. The highest BCUT2D eigenvalue weighted by Gasteiger charge is 2.16. The summed E-state index contributed by atoms with van der Waals surface area (Å²) < 4.78 is 31.0. The number of sulfonamides is 1. The largest absolute Gasteiger partial charge is 0.496 e. The summed E-state index contributed by atoms with van der Waals surface area (Å²) in [5.41, 5.74) is 3.11. The Labute approximate surface area is 173 Å². The first-order valence-corrected chi connectivity index (χ1v) is 10.9. The predicted octanol–water partition coefficient (Wildman–Crippen LogP) is 2.51. The lowest BCUT2D eigenvalue weighted by Gasteiger charge is -2.14. The lowest BCUT2D eigenvalue weighted by atomic mass is 10.1. The second kappa shape index (κ2) is 10.3. The Morgan fingerprint density at radius 1 is 1.10 bits per heavy atom. The van der Waals surface area contributed by atoms with Gasteiger partial charge in [0.1, 0.15) is 5.75 Å². The van der Waals surface area contributed by atoms with Crippen molar-refractivity contribution in [1.29, 1.82) is 0 Å². The van der Waals surface area contributed by atoms with E-state index in [9.17, 15) is 8.42 Å². The van der Waals surface area contributed by atoms with Crippen molar-refractivity contribution < 1.29 is 13.2 Å². The highest BCUT2D eigenvalue weighted by Crippen LogP contribution is 2.19. The van der Waals surface area contributed by atoms with E-state index in [0.29, 0.717) is 19.0 Å². The van der Waals surface area contributed by atoms with Crippen LogP contribution < -0.4 is 15.4 Å². The number of aliphatic imine (C=N–C) groups is 1. The van der Waals surface area contributed by atoms with Gasteiger partial charge in [-0.15, -0.1) is 0 Å². The van der Waals surface area contributed by atoms with E-state index < -0.39 is 10.0 Å². The average molecular weight is 419 g/mol. The van der Waals surface area contributed by atoms with E-state index in [1.807, 2.05) is 32.0 Å². The van der Waals surface area contributed by atoms with Gasteiger partial charge in [0.05, 0.1) is 18.6 Å². The lowest BCUT2D eigenvalue weighted by molar-refractivity contribution is 0.408. The SMILES string of the molecule is CCNC(=NCc1ccc(S(=O)(=O)N(C)C)cc1)NCc1ccc(C)cc1OC. The molecule has 0 atom stereocenters. The zero-order valence-electron chi connectivity index (χ0n) is 17.7. The third kappa shape index (κ3) is 6.20. The molecule has 7 nitrogen and oxygen atoms in total. The zero-order valence-corrected chi connectivity index (χ0v) is 18.5. The fraction of sp³-hybridized carbons (Fsp3) is 0.381. The molecule has 0 spiro atoms. The number of rotatable bonds is 8. The fourth-order valence-electron chi connectivity index (χ4n) is 2.67. The van der Waals surface area contributed by atoms with Crippen molar-refractivity contribution in [1.82, 2.24) is 14.9 Å². The molecule has 2 aromatic carbocycles. The summed E-state index contributed by atoms with van der Waals surface area (Å²) in [5.74, 6) is 1.52. The summed E-state index contributed by atoms with van der Waals surface area (Å²) in [7, 11) is 1.28. The predicted molar refractivity (Wildman–Crippen MR) is 117 cm³/mol. The fourth-order valence-corrected chi connectivity index (χ4v) is 3.57. The molecule has 0 saturated carbocycles. The van der Waals surface area contributed by atoms with Gasteiger partial charge in [0.25, 0.3) is 0 Å². The van der Waals surface area contributed by atoms with E-state index in [4.69, 9.17) is 4.74 Å². The Bertz CT molecular complexity index is 939. The molecule has 0 amide bonds. The molecule has 8 heteroatoms. The van der Waals surface area contributed by atoms with Crippen molar-refractivity contribution in [2.24, 2.45) is 4.99 Å². The Morgan fingerprint density at radius 3 is 2.38 bits per heavy atom. The van der Waals surface area contributed by atoms with Gasteiger partial charge < -0.3 is 15.4 Å². The number of hydrogen-bond acceptors (Lipinski definition) is 4. The lowest BCUT2D eigenvalue weighted by Crippen LogP contribution is -2.36. The van der Waals surface area contributed by atoms with Gasteiger partial charge in [0.15, 0.2) is 5.96 Å². The van der Waals surface area contributed by atoms with Gasteiger partial charge in [-0.2, -0.15) is 0 Å². The van der Waals surface area contributed by atoms with Crippen molar-refractivity contribution in [2.75, 3.05) is 27.7 Å². The van der Waals surface area contributed by atoms with Crippen molar-refractivity contribution in [2.45, 2.75) is 31.8 Å². The number of benzene rings is 2. The van der Waals surface area contributed by atoms with Gasteiger partial charge in [0, 0.05) is 32.7 Å². The van der Waals surface area contributed by atoms with Crippen molar-refractivity contribution in [3.05, 3.63) is 59.2 Å². The summed E-state index contributed by atoms with van der Waals surface area (Å²) in [6, 6.07) is 12.9. The van der Waals surface area contributed by atoms with Crippen LogP contribution in [0.4, 0.5) is 0 Å². The van der Waals surface area contributed by atoms with Crippen LogP contribution in [0.25, 0.3) is 0 Å². The van der Waals surface area contributed by atoms with Crippen LogP contribution in [-0.2, 0) is 23.1 Å².